The molecule has 1 aromatic heterocycles. The third-order valence-electron chi connectivity index (χ3n) is 4.25. The highest BCUT2D eigenvalue weighted by molar-refractivity contribution is 6.04. The lowest BCUT2D eigenvalue weighted by atomic mass is 10.1. The number of aromatic nitrogens is 1. The molecule has 0 aliphatic rings. The molecule has 0 radical (unpaired) electrons. The Bertz CT molecular complexity index is 1080. The minimum absolute atomic E-state index is 0.129. The van der Waals surface area contributed by atoms with E-state index in [0.29, 0.717) is 16.6 Å². The molecule has 3 aromatic rings. The highest BCUT2D eigenvalue weighted by Crippen LogP contribution is 2.22. The van der Waals surface area contributed by atoms with Gasteiger partial charge >= 0.3 is 5.97 Å². The number of aryl methyl sites for hydroxylation is 3. The number of esters is 1. The Kier molecular flexibility index (Phi) is 5.07. The predicted octanol–water partition coefficient (Wildman–Crippen LogP) is 3.25. The molecular formula is C21H20N2O4. The maximum atomic E-state index is 12.4. The average molecular weight is 364 g/mol. The zero-order valence-corrected chi connectivity index (χ0v) is 15.4. The Morgan fingerprint density at radius 3 is 2.41 bits per heavy atom. The van der Waals surface area contributed by atoms with Crippen molar-refractivity contribution in [1.82, 2.24) is 4.98 Å². The number of carbonyl (C=O) groups excluding carboxylic acids is 2. The van der Waals surface area contributed by atoms with Crippen LogP contribution in [0.25, 0.3) is 10.9 Å². The third kappa shape index (κ3) is 4.06. The fourth-order valence-corrected chi connectivity index (χ4v) is 3.14. The van der Waals surface area contributed by atoms with E-state index in [0.717, 1.165) is 16.7 Å². The van der Waals surface area contributed by atoms with Gasteiger partial charge in [0, 0.05) is 22.7 Å². The Morgan fingerprint density at radius 2 is 1.70 bits per heavy atom. The second-order valence-corrected chi connectivity index (χ2v) is 6.49. The number of para-hydroxylation sites is 1. The predicted molar refractivity (Wildman–Crippen MR) is 104 cm³/mol. The minimum atomic E-state index is -0.718. The molecule has 1 heterocycles. The zero-order valence-electron chi connectivity index (χ0n) is 15.4. The molecule has 0 aliphatic heterocycles. The van der Waals surface area contributed by atoms with Gasteiger partial charge in [-0.1, -0.05) is 35.9 Å². The molecule has 0 bridgehead atoms. The van der Waals surface area contributed by atoms with E-state index in [9.17, 15) is 14.4 Å². The van der Waals surface area contributed by atoms with Crippen LogP contribution in [0.4, 0.5) is 5.69 Å². The van der Waals surface area contributed by atoms with Crippen molar-refractivity contribution in [1.29, 1.82) is 0 Å². The molecule has 138 valence electrons. The maximum Gasteiger partial charge on any atom is 0.339 e. The van der Waals surface area contributed by atoms with Gasteiger partial charge in [0.25, 0.3) is 5.91 Å². The summed E-state index contributed by atoms with van der Waals surface area (Å²) in [5, 5.41) is 3.34. The number of nitrogens with one attached hydrogen (secondary N) is 2. The summed E-state index contributed by atoms with van der Waals surface area (Å²) < 4.78 is 5.12. The maximum absolute atomic E-state index is 12.4. The van der Waals surface area contributed by atoms with Crippen LogP contribution in [-0.4, -0.2) is 23.5 Å². The van der Waals surface area contributed by atoms with Crippen molar-refractivity contribution in [2.75, 3.05) is 11.9 Å². The first-order chi connectivity index (χ1) is 12.8. The minimum Gasteiger partial charge on any atom is -0.452 e. The van der Waals surface area contributed by atoms with Crippen molar-refractivity contribution in [3.05, 3.63) is 75.1 Å². The summed E-state index contributed by atoms with van der Waals surface area (Å²) in [6.45, 7) is 5.36. The van der Waals surface area contributed by atoms with Crippen LogP contribution in [0.1, 0.15) is 27.0 Å². The van der Waals surface area contributed by atoms with Crippen molar-refractivity contribution in [2.24, 2.45) is 0 Å². The van der Waals surface area contributed by atoms with E-state index < -0.39 is 24.0 Å². The number of benzene rings is 2. The van der Waals surface area contributed by atoms with E-state index in [2.05, 4.69) is 10.3 Å². The van der Waals surface area contributed by atoms with Gasteiger partial charge in [-0.25, -0.2) is 4.79 Å². The van der Waals surface area contributed by atoms with Crippen molar-refractivity contribution in [3.63, 3.8) is 0 Å². The SMILES string of the molecule is Cc1cc(C)c(NC(=O)COC(=O)c2cc(=O)[nH]c3ccccc23)c(C)c1. The number of ether oxygens (including phenoxy) is 1. The fraction of sp³-hybridized carbons (Fsp3) is 0.190. The first-order valence-electron chi connectivity index (χ1n) is 8.52. The molecule has 2 N–H and O–H groups in total. The van der Waals surface area contributed by atoms with Gasteiger partial charge in [0.05, 0.1) is 5.56 Å². The van der Waals surface area contributed by atoms with E-state index in [1.54, 1.807) is 24.3 Å². The van der Waals surface area contributed by atoms with E-state index in [1.165, 1.54) is 6.07 Å². The Balaban J connectivity index is 1.73. The van der Waals surface area contributed by atoms with Gasteiger partial charge in [0.1, 0.15) is 0 Å². The molecule has 0 atom stereocenters. The molecule has 0 unspecified atom stereocenters. The summed E-state index contributed by atoms with van der Waals surface area (Å²) in [5.74, 6) is -1.16. The van der Waals surface area contributed by atoms with Crippen molar-refractivity contribution >= 4 is 28.5 Å². The number of rotatable bonds is 4. The van der Waals surface area contributed by atoms with Gasteiger partial charge in [-0.05, 0) is 38.0 Å². The van der Waals surface area contributed by atoms with Gasteiger partial charge in [-0.2, -0.15) is 0 Å². The Hall–Kier alpha value is -3.41. The molecule has 0 fully saturated rings. The first kappa shape index (κ1) is 18.4. The van der Waals surface area contributed by atoms with Gasteiger partial charge < -0.3 is 15.0 Å². The smallest absolute Gasteiger partial charge is 0.339 e. The summed E-state index contributed by atoms with van der Waals surface area (Å²) in [6.07, 6.45) is 0. The molecule has 0 aliphatic carbocycles. The van der Waals surface area contributed by atoms with Crippen molar-refractivity contribution < 1.29 is 14.3 Å². The average Bonchev–Trinajstić information content (AvgIpc) is 2.62. The molecule has 6 heteroatoms. The molecule has 2 aromatic carbocycles. The lowest BCUT2D eigenvalue weighted by Gasteiger charge is -2.13. The molecule has 6 nitrogen and oxygen atoms in total. The lowest BCUT2D eigenvalue weighted by molar-refractivity contribution is -0.119. The van der Waals surface area contributed by atoms with E-state index in [-0.39, 0.29) is 5.56 Å². The summed E-state index contributed by atoms with van der Waals surface area (Å²) in [6, 6.07) is 12.0. The monoisotopic (exact) mass is 364 g/mol. The topological polar surface area (TPSA) is 88.3 Å². The third-order valence-corrected chi connectivity index (χ3v) is 4.25. The standard InChI is InChI=1S/C21H20N2O4/c1-12-8-13(2)20(14(3)9-12)23-19(25)11-27-21(26)16-10-18(24)22-17-7-5-4-6-15(16)17/h4-10H,11H2,1-3H3,(H,22,24)(H,23,25). The van der Waals surface area contributed by atoms with Crippen LogP contribution in [-0.2, 0) is 9.53 Å². The number of H-pyrrole nitrogens is 1. The number of hydrogen-bond acceptors (Lipinski definition) is 4. The van der Waals surface area contributed by atoms with Crippen LogP contribution >= 0.6 is 0 Å². The molecule has 1 amide bonds. The Morgan fingerprint density at radius 1 is 1.04 bits per heavy atom. The van der Waals surface area contributed by atoms with E-state index in [4.69, 9.17) is 4.74 Å². The molecule has 0 saturated carbocycles. The van der Waals surface area contributed by atoms with Crippen LogP contribution in [0.5, 0.6) is 0 Å². The zero-order chi connectivity index (χ0) is 19.6. The van der Waals surface area contributed by atoms with Crippen LogP contribution in [0.15, 0.2) is 47.3 Å². The number of pyridine rings is 1. The van der Waals surface area contributed by atoms with Gasteiger partial charge in [0.15, 0.2) is 6.61 Å². The summed E-state index contributed by atoms with van der Waals surface area (Å²) in [5.41, 5.74) is 3.95. The number of anilines is 1. The van der Waals surface area contributed by atoms with Gasteiger partial charge in [0.2, 0.25) is 5.56 Å². The largest absolute Gasteiger partial charge is 0.452 e. The number of fused-ring (bicyclic) bond motifs is 1. The summed E-state index contributed by atoms with van der Waals surface area (Å²) >= 11 is 0. The molecular weight excluding hydrogens is 344 g/mol. The van der Waals surface area contributed by atoms with E-state index in [1.807, 2.05) is 32.9 Å². The summed E-state index contributed by atoms with van der Waals surface area (Å²) in [7, 11) is 0. The molecule has 0 saturated heterocycles. The van der Waals surface area contributed by atoms with Gasteiger partial charge in [-0.3, -0.25) is 9.59 Å². The number of carbonyl (C=O) groups is 2. The second kappa shape index (κ2) is 7.45. The highest BCUT2D eigenvalue weighted by Gasteiger charge is 2.15. The number of aromatic amines is 1. The summed E-state index contributed by atoms with van der Waals surface area (Å²) in [4.78, 5) is 39.0. The highest BCUT2D eigenvalue weighted by atomic mass is 16.5. The van der Waals surface area contributed by atoms with Crippen LogP contribution in [0.2, 0.25) is 0 Å². The molecule has 0 spiro atoms. The normalized spacial score (nSPS) is 10.6. The van der Waals surface area contributed by atoms with Crippen LogP contribution < -0.4 is 10.9 Å². The lowest BCUT2D eigenvalue weighted by Crippen LogP contribution is -2.22. The molecule has 3 rings (SSSR count). The van der Waals surface area contributed by atoms with Crippen molar-refractivity contribution in [3.8, 4) is 0 Å². The first-order valence-corrected chi connectivity index (χ1v) is 8.52. The van der Waals surface area contributed by atoms with Crippen molar-refractivity contribution in [2.45, 2.75) is 20.8 Å². The van der Waals surface area contributed by atoms with E-state index >= 15 is 0 Å². The van der Waals surface area contributed by atoms with Gasteiger partial charge in [-0.15, -0.1) is 0 Å². The second-order valence-electron chi connectivity index (χ2n) is 6.49. The van der Waals surface area contributed by atoms with Crippen LogP contribution in [0, 0.1) is 20.8 Å². The Labute approximate surface area is 156 Å². The van der Waals surface area contributed by atoms with Crippen LogP contribution in [0.3, 0.4) is 0 Å². The molecule has 27 heavy (non-hydrogen) atoms. The number of hydrogen-bond donors (Lipinski definition) is 2. The fourth-order valence-electron chi connectivity index (χ4n) is 3.14. The number of amides is 1. The quantitative estimate of drug-likeness (QED) is 0.696.